The van der Waals surface area contributed by atoms with E-state index in [0.717, 1.165) is 11.3 Å². The van der Waals surface area contributed by atoms with Crippen LogP contribution in [0, 0.1) is 0 Å². The maximum absolute atomic E-state index is 12.7. The van der Waals surface area contributed by atoms with E-state index in [-0.39, 0.29) is 5.78 Å². The number of rotatable bonds is 5. The second-order valence-electron chi connectivity index (χ2n) is 5.96. The van der Waals surface area contributed by atoms with E-state index in [1.165, 1.54) is 0 Å². The number of nitrogens with zero attached hydrogens (tertiary/aromatic N) is 2. The van der Waals surface area contributed by atoms with Crippen molar-refractivity contribution in [1.29, 1.82) is 0 Å². The van der Waals surface area contributed by atoms with Crippen LogP contribution in [0.5, 0.6) is 0 Å². The molecular weight excluding hydrogens is 308 g/mol. The van der Waals surface area contributed by atoms with Gasteiger partial charge in [-0.15, -0.1) is 0 Å². The number of carbonyl (C=O) groups is 1. The number of para-hydroxylation sites is 1. The van der Waals surface area contributed by atoms with Gasteiger partial charge < -0.3 is 4.90 Å². The van der Waals surface area contributed by atoms with Crippen LogP contribution in [0.1, 0.15) is 21.5 Å². The highest BCUT2D eigenvalue weighted by molar-refractivity contribution is 6.12. The minimum atomic E-state index is -0.0173. The average Bonchev–Trinajstić information content (AvgIpc) is 2.67. The third kappa shape index (κ3) is 4.01. The first-order valence-corrected chi connectivity index (χ1v) is 8.15. The second-order valence-corrected chi connectivity index (χ2v) is 5.96. The SMILES string of the molecule is CN(C)c1ccc(C=Nc2ccccc2C(=O)c2ccccc2)cc1. The summed E-state index contributed by atoms with van der Waals surface area (Å²) in [6.07, 6.45) is 1.79. The number of benzene rings is 3. The van der Waals surface area contributed by atoms with E-state index >= 15 is 0 Å². The van der Waals surface area contributed by atoms with Gasteiger partial charge >= 0.3 is 0 Å². The van der Waals surface area contributed by atoms with Crippen LogP contribution < -0.4 is 4.90 Å². The van der Waals surface area contributed by atoms with Gasteiger partial charge in [0.2, 0.25) is 0 Å². The zero-order valence-corrected chi connectivity index (χ0v) is 14.4. The zero-order chi connectivity index (χ0) is 17.6. The summed E-state index contributed by atoms with van der Waals surface area (Å²) in [5, 5.41) is 0. The average molecular weight is 328 g/mol. The fourth-order valence-electron chi connectivity index (χ4n) is 2.53. The third-order valence-corrected chi connectivity index (χ3v) is 3.95. The Labute approximate surface area is 148 Å². The van der Waals surface area contributed by atoms with E-state index in [4.69, 9.17) is 0 Å². The van der Waals surface area contributed by atoms with Crippen molar-refractivity contribution in [2.75, 3.05) is 19.0 Å². The van der Waals surface area contributed by atoms with Crippen molar-refractivity contribution >= 4 is 23.4 Å². The van der Waals surface area contributed by atoms with Crippen LogP contribution >= 0.6 is 0 Å². The molecule has 0 N–H and O–H groups in total. The van der Waals surface area contributed by atoms with Crippen LogP contribution in [0.4, 0.5) is 11.4 Å². The van der Waals surface area contributed by atoms with Crippen LogP contribution in [0.2, 0.25) is 0 Å². The van der Waals surface area contributed by atoms with Crippen molar-refractivity contribution in [2.45, 2.75) is 0 Å². The summed E-state index contributed by atoms with van der Waals surface area (Å²) in [7, 11) is 4.02. The van der Waals surface area contributed by atoms with E-state index in [1.54, 1.807) is 6.21 Å². The van der Waals surface area contributed by atoms with Crippen molar-refractivity contribution in [2.24, 2.45) is 4.99 Å². The molecule has 0 saturated heterocycles. The van der Waals surface area contributed by atoms with Gasteiger partial charge in [-0.2, -0.15) is 0 Å². The maximum atomic E-state index is 12.7. The van der Waals surface area contributed by atoms with Gasteiger partial charge in [-0.1, -0.05) is 54.6 Å². The number of hydrogen-bond donors (Lipinski definition) is 0. The molecule has 3 heteroatoms. The normalized spacial score (nSPS) is 10.8. The standard InChI is InChI=1S/C22H20N2O/c1-24(2)19-14-12-17(13-15-19)16-23-21-11-7-6-10-20(21)22(25)18-8-4-3-5-9-18/h3-16H,1-2H3. The van der Waals surface area contributed by atoms with Gasteiger partial charge in [0, 0.05) is 37.1 Å². The lowest BCUT2D eigenvalue weighted by atomic mass is 10.0. The van der Waals surface area contributed by atoms with E-state index in [2.05, 4.69) is 9.89 Å². The largest absolute Gasteiger partial charge is 0.378 e. The molecule has 0 fully saturated rings. The summed E-state index contributed by atoms with van der Waals surface area (Å²) in [6, 6.07) is 24.8. The quantitative estimate of drug-likeness (QED) is 0.501. The molecule has 0 heterocycles. The summed E-state index contributed by atoms with van der Waals surface area (Å²) in [6.45, 7) is 0. The lowest BCUT2D eigenvalue weighted by molar-refractivity contribution is 0.103. The fraction of sp³-hybridized carbons (Fsp3) is 0.0909. The molecule has 25 heavy (non-hydrogen) atoms. The summed E-state index contributed by atoms with van der Waals surface area (Å²) < 4.78 is 0. The minimum Gasteiger partial charge on any atom is -0.378 e. The monoisotopic (exact) mass is 328 g/mol. The Balaban J connectivity index is 1.87. The summed E-state index contributed by atoms with van der Waals surface area (Å²) in [5.41, 5.74) is 4.08. The fourth-order valence-corrected chi connectivity index (χ4v) is 2.53. The molecule has 0 radical (unpaired) electrons. The minimum absolute atomic E-state index is 0.0173. The van der Waals surface area contributed by atoms with Crippen molar-refractivity contribution in [1.82, 2.24) is 0 Å². The van der Waals surface area contributed by atoms with E-state index < -0.39 is 0 Å². The Morgan fingerprint density at radius 3 is 2.16 bits per heavy atom. The van der Waals surface area contributed by atoms with Crippen molar-refractivity contribution < 1.29 is 4.79 Å². The van der Waals surface area contributed by atoms with Crippen LogP contribution in [0.15, 0.2) is 83.9 Å². The van der Waals surface area contributed by atoms with Gasteiger partial charge in [0.05, 0.1) is 5.69 Å². The highest BCUT2D eigenvalue weighted by Gasteiger charge is 2.12. The van der Waals surface area contributed by atoms with Crippen LogP contribution in [0.25, 0.3) is 0 Å². The van der Waals surface area contributed by atoms with Crippen LogP contribution in [0.3, 0.4) is 0 Å². The highest BCUT2D eigenvalue weighted by Crippen LogP contribution is 2.22. The van der Waals surface area contributed by atoms with Gasteiger partial charge in [-0.25, -0.2) is 0 Å². The molecule has 0 saturated carbocycles. The number of carbonyl (C=O) groups excluding carboxylic acids is 1. The number of ketones is 1. The third-order valence-electron chi connectivity index (χ3n) is 3.95. The van der Waals surface area contributed by atoms with Crippen molar-refractivity contribution in [3.05, 3.63) is 95.6 Å². The van der Waals surface area contributed by atoms with Crippen LogP contribution in [-0.2, 0) is 0 Å². The molecule has 0 amide bonds. The molecule has 3 aromatic rings. The Morgan fingerprint density at radius 2 is 1.48 bits per heavy atom. The molecular formula is C22H20N2O. The molecule has 0 spiro atoms. The Hall–Kier alpha value is -3.20. The molecule has 3 rings (SSSR count). The number of hydrogen-bond acceptors (Lipinski definition) is 3. The molecule has 124 valence electrons. The Morgan fingerprint density at radius 1 is 0.840 bits per heavy atom. The highest BCUT2D eigenvalue weighted by atomic mass is 16.1. The zero-order valence-electron chi connectivity index (χ0n) is 14.4. The van der Waals surface area contributed by atoms with Crippen molar-refractivity contribution in [3.8, 4) is 0 Å². The summed E-state index contributed by atoms with van der Waals surface area (Å²) in [5.74, 6) is -0.0173. The van der Waals surface area contributed by atoms with E-state index in [0.29, 0.717) is 16.8 Å². The Bertz CT molecular complexity index is 881. The molecule has 0 bridgehead atoms. The van der Waals surface area contributed by atoms with Gasteiger partial charge in [0.25, 0.3) is 0 Å². The first-order chi connectivity index (χ1) is 12.1. The predicted molar refractivity (Wildman–Crippen MR) is 104 cm³/mol. The molecule has 0 atom stereocenters. The summed E-state index contributed by atoms with van der Waals surface area (Å²) >= 11 is 0. The van der Waals surface area contributed by atoms with Gasteiger partial charge in [0.15, 0.2) is 5.78 Å². The van der Waals surface area contributed by atoms with Crippen molar-refractivity contribution in [3.63, 3.8) is 0 Å². The maximum Gasteiger partial charge on any atom is 0.195 e. The van der Waals surface area contributed by atoms with Gasteiger partial charge in [0.1, 0.15) is 0 Å². The first kappa shape index (κ1) is 16.7. The van der Waals surface area contributed by atoms with E-state index in [1.807, 2.05) is 93.0 Å². The smallest absolute Gasteiger partial charge is 0.195 e. The van der Waals surface area contributed by atoms with Crippen LogP contribution in [-0.4, -0.2) is 26.1 Å². The molecule has 0 aliphatic heterocycles. The topological polar surface area (TPSA) is 32.7 Å². The lowest BCUT2D eigenvalue weighted by Gasteiger charge is -2.11. The lowest BCUT2D eigenvalue weighted by Crippen LogP contribution is -2.08. The van der Waals surface area contributed by atoms with E-state index in [9.17, 15) is 4.79 Å². The Kier molecular flexibility index (Phi) is 5.05. The molecule has 3 nitrogen and oxygen atoms in total. The molecule has 3 aromatic carbocycles. The first-order valence-electron chi connectivity index (χ1n) is 8.15. The molecule has 0 unspecified atom stereocenters. The second kappa shape index (κ2) is 7.58. The predicted octanol–water partition coefficient (Wildman–Crippen LogP) is 4.73. The molecule has 0 aromatic heterocycles. The molecule has 0 aliphatic carbocycles. The van der Waals surface area contributed by atoms with Gasteiger partial charge in [-0.05, 0) is 29.8 Å². The summed E-state index contributed by atoms with van der Waals surface area (Å²) in [4.78, 5) is 19.3. The molecule has 0 aliphatic rings. The number of aliphatic imine (C=N–C) groups is 1. The van der Waals surface area contributed by atoms with Gasteiger partial charge in [-0.3, -0.25) is 9.79 Å². The number of anilines is 1.